The highest BCUT2D eigenvalue weighted by Crippen LogP contribution is 2.30. The molecule has 1 aliphatic rings. The van der Waals surface area contributed by atoms with Crippen molar-refractivity contribution in [3.05, 3.63) is 90.0 Å². The van der Waals surface area contributed by atoms with Crippen molar-refractivity contribution in [3.8, 4) is 0 Å². The van der Waals surface area contributed by atoms with Crippen LogP contribution in [0.5, 0.6) is 0 Å². The van der Waals surface area contributed by atoms with Gasteiger partial charge in [0.25, 0.3) is 0 Å². The van der Waals surface area contributed by atoms with Gasteiger partial charge in [-0.15, -0.1) is 0 Å². The van der Waals surface area contributed by atoms with Gasteiger partial charge in [0, 0.05) is 17.6 Å². The predicted octanol–water partition coefficient (Wildman–Crippen LogP) is 5.07. The van der Waals surface area contributed by atoms with Gasteiger partial charge < -0.3 is 5.32 Å². The SMILES string of the molecule is CC(Nc1ccccc1)c1ccccc1C1C=CC=C1. The molecule has 0 saturated heterocycles. The first-order valence-electron chi connectivity index (χ1n) is 7.10. The van der Waals surface area contributed by atoms with E-state index in [1.807, 2.05) is 6.07 Å². The fraction of sp³-hybridized carbons (Fsp3) is 0.158. The molecule has 2 aromatic rings. The number of anilines is 1. The van der Waals surface area contributed by atoms with Crippen molar-refractivity contribution in [2.45, 2.75) is 18.9 Å². The largest absolute Gasteiger partial charge is 0.379 e. The van der Waals surface area contributed by atoms with Crippen LogP contribution < -0.4 is 5.32 Å². The Bertz CT molecular complexity index is 613. The molecule has 2 aromatic carbocycles. The molecule has 0 aliphatic heterocycles. The summed E-state index contributed by atoms with van der Waals surface area (Å²) in [4.78, 5) is 0. The van der Waals surface area contributed by atoms with Gasteiger partial charge in [-0.05, 0) is 30.2 Å². The van der Waals surface area contributed by atoms with Crippen molar-refractivity contribution in [1.29, 1.82) is 0 Å². The normalized spacial score (nSPS) is 15.4. The van der Waals surface area contributed by atoms with E-state index in [1.165, 1.54) is 11.1 Å². The van der Waals surface area contributed by atoms with Crippen LogP contribution in [0.4, 0.5) is 5.69 Å². The van der Waals surface area contributed by atoms with Gasteiger partial charge in [-0.25, -0.2) is 0 Å². The Hall–Kier alpha value is -2.28. The molecular weight excluding hydrogens is 242 g/mol. The summed E-state index contributed by atoms with van der Waals surface area (Å²) in [6, 6.07) is 19.3. The van der Waals surface area contributed by atoms with Gasteiger partial charge in [0.15, 0.2) is 0 Å². The van der Waals surface area contributed by atoms with Gasteiger partial charge in [0.2, 0.25) is 0 Å². The zero-order valence-electron chi connectivity index (χ0n) is 11.7. The van der Waals surface area contributed by atoms with Crippen LogP contribution in [-0.2, 0) is 0 Å². The zero-order valence-corrected chi connectivity index (χ0v) is 11.7. The maximum atomic E-state index is 3.57. The molecule has 1 N–H and O–H groups in total. The minimum atomic E-state index is 0.288. The molecule has 1 aliphatic carbocycles. The van der Waals surface area contributed by atoms with Crippen LogP contribution in [0.15, 0.2) is 78.9 Å². The summed E-state index contributed by atoms with van der Waals surface area (Å²) < 4.78 is 0. The highest BCUT2D eigenvalue weighted by atomic mass is 14.9. The predicted molar refractivity (Wildman–Crippen MR) is 85.9 cm³/mol. The van der Waals surface area contributed by atoms with Gasteiger partial charge in [0.1, 0.15) is 0 Å². The van der Waals surface area contributed by atoms with Crippen LogP contribution in [0, 0.1) is 0 Å². The van der Waals surface area contributed by atoms with E-state index < -0.39 is 0 Å². The van der Waals surface area contributed by atoms with Crippen LogP contribution in [0.25, 0.3) is 0 Å². The summed E-state index contributed by atoms with van der Waals surface area (Å²) >= 11 is 0. The van der Waals surface area contributed by atoms with Crippen molar-refractivity contribution in [1.82, 2.24) is 0 Å². The Labute approximate surface area is 120 Å². The molecule has 1 unspecified atom stereocenters. The molecule has 1 nitrogen and oxygen atoms in total. The molecular formula is C19H19N. The Morgan fingerprint density at radius 3 is 2.25 bits per heavy atom. The highest BCUT2D eigenvalue weighted by molar-refractivity contribution is 5.48. The van der Waals surface area contributed by atoms with Gasteiger partial charge in [-0.2, -0.15) is 0 Å². The van der Waals surface area contributed by atoms with Gasteiger partial charge >= 0.3 is 0 Å². The fourth-order valence-electron chi connectivity index (χ4n) is 2.71. The van der Waals surface area contributed by atoms with Crippen molar-refractivity contribution in [2.75, 3.05) is 5.32 Å². The van der Waals surface area contributed by atoms with Gasteiger partial charge in [-0.1, -0.05) is 66.8 Å². The molecule has 0 heterocycles. The molecule has 0 spiro atoms. The second-order valence-corrected chi connectivity index (χ2v) is 5.16. The van der Waals surface area contributed by atoms with Gasteiger partial charge in [-0.3, -0.25) is 0 Å². The third kappa shape index (κ3) is 2.67. The lowest BCUT2D eigenvalue weighted by Gasteiger charge is -2.21. The summed E-state index contributed by atoms with van der Waals surface area (Å²) in [6.07, 6.45) is 8.73. The van der Waals surface area contributed by atoms with Crippen LogP contribution in [0.3, 0.4) is 0 Å². The summed E-state index contributed by atoms with van der Waals surface area (Å²) in [5, 5.41) is 3.57. The summed E-state index contributed by atoms with van der Waals surface area (Å²) in [6.45, 7) is 2.22. The van der Waals surface area contributed by atoms with Crippen LogP contribution in [0.2, 0.25) is 0 Å². The number of rotatable bonds is 4. The van der Waals surface area contributed by atoms with Crippen LogP contribution in [-0.4, -0.2) is 0 Å². The number of nitrogens with one attached hydrogen (secondary N) is 1. The number of para-hydroxylation sites is 1. The van der Waals surface area contributed by atoms with E-state index in [1.54, 1.807) is 0 Å². The lowest BCUT2D eigenvalue weighted by atomic mass is 9.92. The average Bonchev–Trinajstić information content (AvgIpc) is 3.02. The van der Waals surface area contributed by atoms with E-state index in [-0.39, 0.29) is 6.04 Å². The van der Waals surface area contributed by atoms with E-state index >= 15 is 0 Å². The lowest BCUT2D eigenvalue weighted by Crippen LogP contribution is -2.10. The maximum Gasteiger partial charge on any atom is 0.0488 e. The molecule has 0 bridgehead atoms. The summed E-state index contributed by atoms with van der Waals surface area (Å²) in [7, 11) is 0. The molecule has 0 fully saturated rings. The number of allylic oxidation sites excluding steroid dienone is 4. The second kappa shape index (κ2) is 5.79. The third-order valence-corrected chi connectivity index (χ3v) is 3.73. The maximum absolute atomic E-state index is 3.57. The highest BCUT2D eigenvalue weighted by Gasteiger charge is 2.15. The van der Waals surface area contributed by atoms with E-state index in [9.17, 15) is 0 Å². The average molecular weight is 261 g/mol. The molecule has 1 atom stereocenters. The van der Waals surface area contributed by atoms with E-state index in [0.29, 0.717) is 5.92 Å². The molecule has 1 heteroatoms. The Kier molecular flexibility index (Phi) is 3.69. The quantitative estimate of drug-likeness (QED) is 0.810. The number of benzene rings is 2. The number of hydrogen-bond acceptors (Lipinski definition) is 1. The standard InChI is InChI=1S/C19H19N/c1-15(20-17-11-3-2-4-12-17)18-13-7-8-14-19(18)16-9-5-6-10-16/h2-16,20H,1H3. The van der Waals surface area contributed by atoms with E-state index in [4.69, 9.17) is 0 Å². The molecule has 0 aromatic heterocycles. The Morgan fingerprint density at radius 2 is 1.50 bits per heavy atom. The van der Waals surface area contributed by atoms with Crippen molar-refractivity contribution in [3.63, 3.8) is 0 Å². The van der Waals surface area contributed by atoms with Gasteiger partial charge in [0.05, 0.1) is 0 Å². The molecule has 0 radical (unpaired) electrons. The van der Waals surface area contributed by atoms with Crippen molar-refractivity contribution in [2.24, 2.45) is 0 Å². The molecule has 20 heavy (non-hydrogen) atoms. The van der Waals surface area contributed by atoms with E-state index in [0.717, 1.165) is 5.69 Å². The topological polar surface area (TPSA) is 12.0 Å². The first-order valence-corrected chi connectivity index (χ1v) is 7.10. The zero-order chi connectivity index (χ0) is 13.8. The first kappa shape index (κ1) is 12.7. The monoisotopic (exact) mass is 261 g/mol. The van der Waals surface area contributed by atoms with Crippen molar-refractivity contribution >= 4 is 5.69 Å². The van der Waals surface area contributed by atoms with E-state index in [2.05, 4.69) is 85.1 Å². The molecule has 100 valence electrons. The minimum Gasteiger partial charge on any atom is -0.379 e. The summed E-state index contributed by atoms with van der Waals surface area (Å²) in [5.41, 5.74) is 3.90. The molecule has 3 rings (SSSR count). The first-order chi connectivity index (χ1) is 9.84. The summed E-state index contributed by atoms with van der Waals surface area (Å²) in [5.74, 6) is 0.409. The fourth-order valence-corrected chi connectivity index (χ4v) is 2.71. The Morgan fingerprint density at radius 1 is 0.850 bits per heavy atom. The lowest BCUT2D eigenvalue weighted by molar-refractivity contribution is 0.856. The smallest absolute Gasteiger partial charge is 0.0488 e. The second-order valence-electron chi connectivity index (χ2n) is 5.16. The minimum absolute atomic E-state index is 0.288. The number of hydrogen-bond donors (Lipinski definition) is 1. The van der Waals surface area contributed by atoms with Crippen molar-refractivity contribution < 1.29 is 0 Å². The Balaban J connectivity index is 1.86. The van der Waals surface area contributed by atoms with Crippen LogP contribution >= 0.6 is 0 Å². The third-order valence-electron chi connectivity index (χ3n) is 3.73. The molecule has 0 saturated carbocycles. The van der Waals surface area contributed by atoms with Crippen LogP contribution in [0.1, 0.15) is 30.0 Å². The molecule has 0 amide bonds.